The standard InChI is InChI=1S/C13H12N4O3S/c1-7-3-2-4-8(5-7)11-14-15-13-17(11)16-12(20)9(21-13)6-10(18)19/h2-5,9H,6H2,1H3,(H,16,20)(H,18,19). The number of aromatic nitrogens is 3. The van der Waals surface area contributed by atoms with E-state index in [1.165, 1.54) is 4.68 Å². The predicted octanol–water partition coefficient (Wildman–Crippen LogP) is 1.27. The molecule has 0 saturated heterocycles. The molecular weight excluding hydrogens is 292 g/mol. The SMILES string of the molecule is Cc1cccc(-c2nnc3n2NC(=O)C(CC(=O)O)S3)c1. The Hall–Kier alpha value is -2.35. The number of carboxylic acid groups (broad SMARTS) is 1. The monoisotopic (exact) mass is 304 g/mol. The lowest BCUT2D eigenvalue weighted by Gasteiger charge is -2.21. The van der Waals surface area contributed by atoms with Gasteiger partial charge in [-0.05, 0) is 13.0 Å². The summed E-state index contributed by atoms with van der Waals surface area (Å²) in [5.74, 6) is -0.846. The zero-order valence-electron chi connectivity index (χ0n) is 11.1. The highest BCUT2D eigenvalue weighted by atomic mass is 32.2. The van der Waals surface area contributed by atoms with Crippen molar-refractivity contribution < 1.29 is 14.7 Å². The van der Waals surface area contributed by atoms with Crippen molar-refractivity contribution in [1.82, 2.24) is 14.9 Å². The maximum Gasteiger partial charge on any atom is 0.305 e. The summed E-state index contributed by atoms with van der Waals surface area (Å²) in [4.78, 5) is 22.7. The Kier molecular flexibility index (Phi) is 3.38. The van der Waals surface area contributed by atoms with Gasteiger partial charge in [0.25, 0.3) is 5.91 Å². The van der Waals surface area contributed by atoms with Crippen molar-refractivity contribution in [3.8, 4) is 11.4 Å². The van der Waals surface area contributed by atoms with E-state index < -0.39 is 11.2 Å². The molecule has 1 aromatic carbocycles. The second-order valence-electron chi connectivity index (χ2n) is 4.69. The average Bonchev–Trinajstić information content (AvgIpc) is 2.81. The van der Waals surface area contributed by atoms with Crippen molar-refractivity contribution in [3.05, 3.63) is 29.8 Å². The first kappa shape index (κ1) is 13.6. The van der Waals surface area contributed by atoms with Crippen molar-refractivity contribution in [2.75, 3.05) is 5.43 Å². The van der Waals surface area contributed by atoms with Gasteiger partial charge in [-0.1, -0.05) is 35.5 Å². The smallest absolute Gasteiger partial charge is 0.305 e. The van der Waals surface area contributed by atoms with Crippen molar-refractivity contribution in [3.63, 3.8) is 0 Å². The van der Waals surface area contributed by atoms with Gasteiger partial charge in [-0.3, -0.25) is 15.0 Å². The molecule has 21 heavy (non-hydrogen) atoms. The number of amides is 1. The van der Waals surface area contributed by atoms with E-state index in [4.69, 9.17) is 5.11 Å². The van der Waals surface area contributed by atoms with Gasteiger partial charge in [-0.2, -0.15) is 0 Å². The molecule has 1 unspecified atom stereocenters. The van der Waals surface area contributed by atoms with Crippen LogP contribution in [-0.2, 0) is 9.59 Å². The Bertz CT molecular complexity index is 728. The molecule has 0 aliphatic carbocycles. The van der Waals surface area contributed by atoms with Crippen molar-refractivity contribution in [2.24, 2.45) is 0 Å². The summed E-state index contributed by atoms with van der Waals surface area (Å²) in [7, 11) is 0. The lowest BCUT2D eigenvalue weighted by atomic mass is 10.1. The van der Waals surface area contributed by atoms with Crippen LogP contribution in [0.15, 0.2) is 29.4 Å². The largest absolute Gasteiger partial charge is 0.481 e. The molecule has 7 nitrogen and oxygen atoms in total. The van der Waals surface area contributed by atoms with Gasteiger partial charge in [0.1, 0.15) is 5.25 Å². The molecule has 1 aliphatic rings. The summed E-state index contributed by atoms with van der Waals surface area (Å²) in [5, 5.41) is 16.7. The second-order valence-corrected chi connectivity index (χ2v) is 5.86. The fraction of sp³-hybridized carbons (Fsp3) is 0.231. The third kappa shape index (κ3) is 2.62. The molecule has 1 atom stereocenters. The molecule has 0 bridgehead atoms. The number of thioether (sulfide) groups is 1. The molecule has 0 saturated carbocycles. The predicted molar refractivity (Wildman–Crippen MR) is 76.5 cm³/mol. The van der Waals surface area contributed by atoms with E-state index in [9.17, 15) is 9.59 Å². The molecule has 8 heteroatoms. The average molecular weight is 304 g/mol. The number of carboxylic acids is 1. The molecule has 3 rings (SSSR count). The van der Waals surface area contributed by atoms with Crippen molar-refractivity contribution >= 4 is 23.6 Å². The molecule has 1 amide bonds. The van der Waals surface area contributed by atoms with E-state index in [1.54, 1.807) is 0 Å². The summed E-state index contributed by atoms with van der Waals surface area (Å²) >= 11 is 1.11. The molecule has 2 heterocycles. The van der Waals surface area contributed by atoms with Gasteiger partial charge in [0.15, 0.2) is 5.82 Å². The van der Waals surface area contributed by atoms with E-state index >= 15 is 0 Å². The van der Waals surface area contributed by atoms with Crippen LogP contribution < -0.4 is 5.43 Å². The Balaban J connectivity index is 1.95. The van der Waals surface area contributed by atoms with Crippen LogP contribution in [0, 0.1) is 6.92 Å². The number of hydrogen-bond donors (Lipinski definition) is 2. The molecule has 1 aromatic heterocycles. The van der Waals surface area contributed by atoms with E-state index in [-0.39, 0.29) is 12.3 Å². The second kappa shape index (κ2) is 5.21. The van der Waals surface area contributed by atoms with E-state index in [2.05, 4.69) is 15.6 Å². The molecule has 0 radical (unpaired) electrons. The Labute approximate surface area is 124 Å². The van der Waals surface area contributed by atoms with Gasteiger partial charge in [0, 0.05) is 5.56 Å². The van der Waals surface area contributed by atoms with E-state index in [0.717, 1.165) is 22.9 Å². The van der Waals surface area contributed by atoms with Crippen LogP contribution in [0.5, 0.6) is 0 Å². The van der Waals surface area contributed by atoms with Gasteiger partial charge < -0.3 is 5.11 Å². The van der Waals surface area contributed by atoms with Crippen LogP contribution in [0.1, 0.15) is 12.0 Å². The highest BCUT2D eigenvalue weighted by molar-refractivity contribution is 8.00. The number of carbonyl (C=O) groups excluding carboxylic acids is 1. The number of benzene rings is 1. The third-order valence-electron chi connectivity index (χ3n) is 3.03. The van der Waals surface area contributed by atoms with Crippen LogP contribution in [0.25, 0.3) is 11.4 Å². The molecule has 0 fully saturated rings. The molecule has 0 spiro atoms. The lowest BCUT2D eigenvalue weighted by Crippen LogP contribution is -2.37. The highest BCUT2D eigenvalue weighted by Crippen LogP contribution is 2.31. The number of nitrogens with zero attached hydrogens (tertiary/aromatic N) is 3. The maximum atomic E-state index is 12.0. The quantitative estimate of drug-likeness (QED) is 0.886. The van der Waals surface area contributed by atoms with Crippen LogP contribution in [-0.4, -0.2) is 37.1 Å². The topological polar surface area (TPSA) is 97.1 Å². The zero-order valence-corrected chi connectivity index (χ0v) is 11.9. The van der Waals surface area contributed by atoms with Crippen molar-refractivity contribution in [1.29, 1.82) is 0 Å². The normalized spacial score (nSPS) is 17.2. The fourth-order valence-electron chi connectivity index (χ4n) is 2.07. The number of nitrogens with one attached hydrogen (secondary N) is 1. The summed E-state index contributed by atoms with van der Waals surface area (Å²) in [6, 6.07) is 7.69. The first-order chi connectivity index (χ1) is 10.0. The first-order valence-electron chi connectivity index (χ1n) is 6.26. The van der Waals surface area contributed by atoms with E-state index in [0.29, 0.717) is 11.0 Å². The van der Waals surface area contributed by atoms with Gasteiger partial charge >= 0.3 is 5.97 Å². The molecule has 1 aliphatic heterocycles. The Morgan fingerprint density at radius 2 is 2.29 bits per heavy atom. The summed E-state index contributed by atoms with van der Waals surface area (Å²) in [6.07, 6.45) is -0.247. The van der Waals surface area contributed by atoms with Crippen LogP contribution >= 0.6 is 11.8 Å². The third-order valence-corrected chi connectivity index (χ3v) is 4.17. The number of aryl methyl sites for hydroxylation is 1. The van der Waals surface area contributed by atoms with E-state index in [1.807, 2.05) is 31.2 Å². The molecule has 2 aromatic rings. The summed E-state index contributed by atoms with van der Waals surface area (Å²) in [6.45, 7) is 1.97. The zero-order chi connectivity index (χ0) is 15.0. The number of aliphatic carboxylic acids is 1. The number of hydrogen-bond acceptors (Lipinski definition) is 5. The Morgan fingerprint density at radius 1 is 1.48 bits per heavy atom. The lowest BCUT2D eigenvalue weighted by molar-refractivity contribution is -0.138. The minimum Gasteiger partial charge on any atom is -0.481 e. The highest BCUT2D eigenvalue weighted by Gasteiger charge is 2.32. The molecular formula is C13H12N4O3S. The number of rotatable bonds is 3. The van der Waals surface area contributed by atoms with Crippen molar-refractivity contribution in [2.45, 2.75) is 23.8 Å². The fourth-order valence-corrected chi connectivity index (χ4v) is 3.04. The summed E-state index contributed by atoms with van der Waals surface area (Å²) in [5.41, 5.74) is 4.56. The number of fused-ring (bicyclic) bond motifs is 1. The minimum absolute atomic E-state index is 0.247. The molecule has 108 valence electrons. The number of carbonyl (C=O) groups is 2. The maximum absolute atomic E-state index is 12.0. The van der Waals surface area contributed by atoms with Gasteiger partial charge in [-0.25, -0.2) is 4.68 Å². The summed E-state index contributed by atoms with van der Waals surface area (Å²) < 4.78 is 1.50. The van der Waals surface area contributed by atoms with Gasteiger partial charge in [0.2, 0.25) is 5.16 Å². The van der Waals surface area contributed by atoms with Crippen LogP contribution in [0.2, 0.25) is 0 Å². The minimum atomic E-state index is -1.02. The van der Waals surface area contributed by atoms with Crippen LogP contribution in [0.3, 0.4) is 0 Å². The Morgan fingerprint density at radius 3 is 3.00 bits per heavy atom. The van der Waals surface area contributed by atoms with Crippen LogP contribution in [0.4, 0.5) is 0 Å². The molecule has 2 N–H and O–H groups in total. The van der Waals surface area contributed by atoms with Gasteiger partial charge in [-0.15, -0.1) is 10.2 Å². The van der Waals surface area contributed by atoms with Gasteiger partial charge in [0.05, 0.1) is 6.42 Å². The first-order valence-corrected chi connectivity index (χ1v) is 7.14.